The van der Waals surface area contributed by atoms with Gasteiger partial charge in [-0.3, -0.25) is 0 Å². The monoisotopic (exact) mass is 362 g/mol. The van der Waals surface area contributed by atoms with Crippen LogP contribution >= 0.6 is 11.8 Å². The first-order valence-corrected chi connectivity index (χ1v) is 8.08. The summed E-state index contributed by atoms with van der Waals surface area (Å²) >= 11 is 0.192. The highest BCUT2D eigenvalue weighted by Gasteiger charge is 2.18. The maximum absolute atomic E-state index is 12.5. The Hall–Kier alpha value is -2.74. The summed E-state index contributed by atoms with van der Waals surface area (Å²) in [5, 5.41) is -0.0834. The summed E-state index contributed by atoms with van der Waals surface area (Å²) in [5.74, 6) is -2.70. The molecule has 2 aromatic heterocycles. The number of oxazole rings is 1. The van der Waals surface area contributed by atoms with E-state index >= 15 is 0 Å². The molecule has 0 aliphatic rings. The third-order valence-electron chi connectivity index (χ3n) is 3.13. The van der Waals surface area contributed by atoms with Crippen molar-refractivity contribution in [1.29, 1.82) is 0 Å². The Kier molecular flexibility index (Phi) is 5.39. The quantitative estimate of drug-likeness (QED) is 0.478. The molecular formula is C17H12F2N2O3S. The molecule has 128 valence electrons. The van der Waals surface area contributed by atoms with Crippen LogP contribution < -0.4 is 0 Å². The Bertz CT molecular complexity index is 856. The molecule has 3 aromatic rings. The smallest absolute Gasteiger partial charge is 0.341 e. The third kappa shape index (κ3) is 4.42. The van der Waals surface area contributed by atoms with E-state index in [0.717, 1.165) is 5.56 Å². The number of thioether (sulfide) groups is 1. The summed E-state index contributed by atoms with van der Waals surface area (Å²) in [5.41, 5.74) is 0.818. The van der Waals surface area contributed by atoms with Crippen molar-refractivity contribution in [3.63, 3.8) is 0 Å². The molecule has 0 aliphatic carbocycles. The number of carbonyl (C=O) groups excluding carboxylic acids is 1. The highest BCUT2D eigenvalue weighted by Crippen LogP contribution is 2.27. The zero-order valence-corrected chi connectivity index (χ0v) is 13.6. The highest BCUT2D eigenvalue weighted by atomic mass is 32.2. The van der Waals surface area contributed by atoms with Gasteiger partial charge in [-0.05, 0) is 23.9 Å². The van der Waals surface area contributed by atoms with Crippen molar-refractivity contribution < 1.29 is 22.7 Å². The molecule has 25 heavy (non-hydrogen) atoms. The van der Waals surface area contributed by atoms with Gasteiger partial charge in [0.1, 0.15) is 5.03 Å². The van der Waals surface area contributed by atoms with Crippen molar-refractivity contribution in [3.05, 3.63) is 66.3 Å². The number of pyridine rings is 1. The van der Waals surface area contributed by atoms with E-state index in [1.807, 2.05) is 30.3 Å². The highest BCUT2D eigenvalue weighted by molar-refractivity contribution is 7.99. The predicted molar refractivity (Wildman–Crippen MR) is 87.2 cm³/mol. The molecule has 0 radical (unpaired) electrons. The number of hydrogen-bond acceptors (Lipinski definition) is 6. The molecule has 0 saturated heterocycles. The van der Waals surface area contributed by atoms with E-state index in [4.69, 9.17) is 9.15 Å². The minimum absolute atomic E-state index is 0.0253. The number of esters is 1. The lowest BCUT2D eigenvalue weighted by Gasteiger charge is -2.06. The van der Waals surface area contributed by atoms with Gasteiger partial charge in [-0.15, -0.1) is 0 Å². The van der Waals surface area contributed by atoms with Crippen molar-refractivity contribution in [3.8, 4) is 11.3 Å². The van der Waals surface area contributed by atoms with E-state index in [1.54, 1.807) is 0 Å². The molecule has 0 saturated carbocycles. The van der Waals surface area contributed by atoms with Crippen molar-refractivity contribution in [1.82, 2.24) is 9.97 Å². The molecule has 0 aliphatic heterocycles. The number of alkyl halides is 2. The second-order valence-electron chi connectivity index (χ2n) is 4.80. The summed E-state index contributed by atoms with van der Waals surface area (Å²) in [4.78, 5) is 19.9. The van der Waals surface area contributed by atoms with Crippen LogP contribution in [0.15, 0.2) is 64.3 Å². The Labute approximate surface area is 146 Å². The van der Waals surface area contributed by atoms with Crippen LogP contribution in [-0.2, 0) is 11.3 Å². The summed E-state index contributed by atoms with van der Waals surface area (Å²) in [6, 6.07) is 12.2. The molecule has 3 rings (SSSR count). The fraction of sp³-hybridized carbons (Fsp3) is 0.118. The molecular weight excluding hydrogens is 350 g/mol. The number of nitrogens with zero attached hydrogens (tertiary/aromatic N) is 2. The van der Waals surface area contributed by atoms with Gasteiger partial charge in [0.15, 0.2) is 12.4 Å². The Balaban J connectivity index is 1.66. The number of hydrogen-bond donors (Lipinski definition) is 0. The average molecular weight is 362 g/mol. The van der Waals surface area contributed by atoms with Gasteiger partial charge in [-0.2, -0.15) is 8.78 Å². The molecule has 0 N–H and O–H groups in total. The zero-order chi connectivity index (χ0) is 17.6. The summed E-state index contributed by atoms with van der Waals surface area (Å²) in [6.07, 6.45) is 2.86. The molecule has 8 heteroatoms. The van der Waals surface area contributed by atoms with Crippen LogP contribution in [0.25, 0.3) is 11.3 Å². The van der Waals surface area contributed by atoms with Gasteiger partial charge in [-0.25, -0.2) is 14.8 Å². The number of carbonyl (C=O) groups is 1. The minimum Gasteiger partial charge on any atom is -0.452 e. The number of rotatable bonds is 6. The maximum atomic E-state index is 12.5. The fourth-order valence-electron chi connectivity index (χ4n) is 2.04. The van der Waals surface area contributed by atoms with Gasteiger partial charge < -0.3 is 9.15 Å². The van der Waals surface area contributed by atoms with Crippen molar-refractivity contribution in [2.75, 3.05) is 0 Å². The van der Waals surface area contributed by atoms with E-state index < -0.39 is 11.7 Å². The Morgan fingerprint density at radius 3 is 2.72 bits per heavy atom. The fourth-order valence-corrected chi connectivity index (χ4v) is 2.61. The van der Waals surface area contributed by atoms with E-state index in [0.29, 0.717) is 5.76 Å². The van der Waals surface area contributed by atoms with E-state index in [1.165, 1.54) is 24.5 Å². The first-order chi connectivity index (χ1) is 12.1. The van der Waals surface area contributed by atoms with Crippen LogP contribution in [0.2, 0.25) is 0 Å². The SMILES string of the molecule is O=C(OCc1ncc(-c2ccccc2)o1)c1cccnc1SC(F)F. The van der Waals surface area contributed by atoms with Gasteiger partial charge in [0, 0.05) is 11.8 Å². The largest absolute Gasteiger partial charge is 0.452 e. The van der Waals surface area contributed by atoms with E-state index in [9.17, 15) is 13.6 Å². The normalized spacial score (nSPS) is 10.8. The summed E-state index contributed by atoms with van der Waals surface area (Å²) in [6.45, 7) is -0.209. The van der Waals surface area contributed by atoms with Crippen LogP contribution in [0.5, 0.6) is 0 Å². The van der Waals surface area contributed by atoms with Gasteiger partial charge in [0.05, 0.1) is 11.8 Å². The van der Waals surface area contributed by atoms with Gasteiger partial charge >= 0.3 is 5.97 Å². The molecule has 0 atom stereocenters. The molecule has 0 bridgehead atoms. The van der Waals surface area contributed by atoms with Gasteiger partial charge in [0.25, 0.3) is 5.76 Å². The summed E-state index contributed by atoms with van der Waals surface area (Å²) in [7, 11) is 0. The predicted octanol–water partition coefficient (Wildman–Crippen LogP) is 4.41. The second-order valence-corrected chi connectivity index (χ2v) is 5.77. The number of benzene rings is 1. The lowest BCUT2D eigenvalue weighted by molar-refractivity contribution is 0.0434. The first-order valence-electron chi connectivity index (χ1n) is 7.20. The second kappa shape index (κ2) is 7.89. The van der Waals surface area contributed by atoms with Crippen LogP contribution in [0.1, 0.15) is 16.2 Å². The minimum atomic E-state index is -2.68. The van der Waals surface area contributed by atoms with Crippen LogP contribution in [0.4, 0.5) is 8.78 Å². The molecule has 0 unspecified atom stereocenters. The van der Waals surface area contributed by atoms with Crippen molar-refractivity contribution >= 4 is 17.7 Å². The van der Waals surface area contributed by atoms with Crippen molar-refractivity contribution in [2.45, 2.75) is 17.4 Å². The maximum Gasteiger partial charge on any atom is 0.341 e. The van der Waals surface area contributed by atoms with Crippen LogP contribution in [-0.4, -0.2) is 21.7 Å². The number of halogens is 2. The molecule has 0 spiro atoms. The number of aromatic nitrogens is 2. The average Bonchev–Trinajstić information content (AvgIpc) is 3.09. The topological polar surface area (TPSA) is 65.2 Å². The number of ether oxygens (including phenoxy) is 1. The third-order valence-corrected chi connectivity index (χ3v) is 3.86. The van der Waals surface area contributed by atoms with Crippen LogP contribution in [0, 0.1) is 0 Å². The Morgan fingerprint density at radius 2 is 1.96 bits per heavy atom. The molecule has 5 nitrogen and oxygen atoms in total. The van der Waals surface area contributed by atoms with Gasteiger partial charge in [-0.1, -0.05) is 30.3 Å². The van der Waals surface area contributed by atoms with E-state index in [2.05, 4.69) is 9.97 Å². The molecule has 1 aromatic carbocycles. The molecule has 2 heterocycles. The molecule has 0 amide bonds. The van der Waals surface area contributed by atoms with Crippen LogP contribution in [0.3, 0.4) is 0 Å². The van der Waals surface area contributed by atoms with Gasteiger partial charge in [0.2, 0.25) is 5.89 Å². The Morgan fingerprint density at radius 1 is 1.16 bits per heavy atom. The molecule has 0 fully saturated rings. The lowest BCUT2D eigenvalue weighted by Crippen LogP contribution is -2.08. The first kappa shape index (κ1) is 17.1. The van der Waals surface area contributed by atoms with E-state index in [-0.39, 0.29) is 34.8 Å². The van der Waals surface area contributed by atoms with Crippen molar-refractivity contribution in [2.24, 2.45) is 0 Å². The summed E-state index contributed by atoms with van der Waals surface area (Å²) < 4.78 is 35.7. The lowest BCUT2D eigenvalue weighted by atomic mass is 10.2. The zero-order valence-electron chi connectivity index (χ0n) is 12.8. The standard InChI is InChI=1S/C17H12F2N2O3S/c18-17(19)25-15-12(7-4-8-20-15)16(22)23-10-14-21-9-13(24-14)11-5-2-1-3-6-11/h1-9,17H,10H2.